The van der Waals surface area contributed by atoms with Crippen LogP contribution in [-0.2, 0) is 19.6 Å². The number of halogens is 2. The van der Waals surface area contributed by atoms with E-state index in [9.17, 15) is 22.0 Å². The molecule has 0 saturated carbocycles. The Kier molecular flexibility index (Phi) is 4.88. The first kappa shape index (κ1) is 13.2. The van der Waals surface area contributed by atoms with Crippen molar-refractivity contribution in [3.63, 3.8) is 0 Å². The van der Waals surface area contributed by atoms with Crippen molar-refractivity contribution in [3.05, 3.63) is 0 Å². The fraction of sp³-hybridized carbons (Fsp3) is 0.800. The van der Waals surface area contributed by atoms with Crippen LogP contribution in [0.3, 0.4) is 0 Å². The van der Waals surface area contributed by atoms with Crippen molar-refractivity contribution in [2.45, 2.75) is 11.8 Å². The van der Waals surface area contributed by atoms with Crippen molar-refractivity contribution in [3.8, 4) is 0 Å². The number of hydrogen-bond donors (Lipinski definition) is 2. The zero-order valence-corrected chi connectivity index (χ0v) is 7.92. The Morgan fingerprint density at radius 1 is 1.57 bits per heavy atom. The molecule has 1 unspecified atom stereocenters. The quantitative estimate of drug-likeness (QED) is 0.628. The van der Waals surface area contributed by atoms with Crippen LogP contribution in [0.15, 0.2) is 0 Å². The molecule has 84 valence electrons. The molecule has 0 aromatic carbocycles. The van der Waals surface area contributed by atoms with Gasteiger partial charge in [-0.05, 0) is 0 Å². The number of nitrogens with one attached hydrogen (secondary N) is 1. The van der Waals surface area contributed by atoms with Gasteiger partial charge >= 0.3 is 11.7 Å². The van der Waals surface area contributed by atoms with Crippen molar-refractivity contribution in [2.75, 3.05) is 13.7 Å². The van der Waals surface area contributed by atoms with Crippen LogP contribution in [0.4, 0.5) is 8.78 Å². The first-order chi connectivity index (χ1) is 6.31. The van der Waals surface area contributed by atoms with Gasteiger partial charge in [-0.3, -0.25) is 4.79 Å². The Morgan fingerprint density at radius 2 is 2.07 bits per heavy atom. The second-order valence-corrected chi connectivity index (χ2v) is 3.95. The molecule has 14 heavy (non-hydrogen) atoms. The number of carbonyl (C=O) groups is 1. The normalized spacial score (nSPS) is 14.3. The maximum atomic E-state index is 11.8. The summed E-state index contributed by atoms with van der Waals surface area (Å²) in [4.78, 5) is 10.3. The minimum Gasteiger partial charge on any atom is -0.480 e. The van der Waals surface area contributed by atoms with Gasteiger partial charge in [-0.2, -0.15) is 13.5 Å². The predicted molar refractivity (Wildman–Crippen MR) is 41.4 cm³/mol. The Hall–Kier alpha value is -0.800. The van der Waals surface area contributed by atoms with E-state index in [1.54, 1.807) is 0 Å². The number of ether oxygens (including phenoxy) is 1. The third-order valence-corrected chi connectivity index (χ3v) is 2.25. The van der Waals surface area contributed by atoms with Gasteiger partial charge in [-0.15, -0.1) is 0 Å². The fourth-order valence-corrected chi connectivity index (χ4v) is 1.24. The molecule has 0 saturated heterocycles. The van der Waals surface area contributed by atoms with Gasteiger partial charge < -0.3 is 9.84 Å². The van der Waals surface area contributed by atoms with E-state index in [0.29, 0.717) is 0 Å². The summed E-state index contributed by atoms with van der Waals surface area (Å²) in [5.74, 6) is -5.25. The monoisotopic (exact) mass is 233 g/mol. The lowest BCUT2D eigenvalue weighted by Crippen LogP contribution is -2.45. The van der Waals surface area contributed by atoms with Crippen LogP contribution < -0.4 is 4.72 Å². The summed E-state index contributed by atoms with van der Waals surface area (Å²) in [6.45, 7) is -0.527. The van der Waals surface area contributed by atoms with Crippen LogP contribution in [0.25, 0.3) is 0 Å². The van der Waals surface area contributed by atoms with E-state index in [2.05, 4.69) is 4.74 Å². The molecule has 0 amide bonds. The predicted octanol–water partition coefficient (Wildman–Crippen LogP) is -0.772. The lowest BCUT2D eigenvalue weighted by molar-refractivity contribution is -0.140. The molecule has 0 fully saturated rings. The van der Waals surface area contributed by atoms with Crippen molar-refractivity contribution in [1.29, 1.82) is 0 Å². The number of methoxy groups -OCH3 is 1. The summed E-state index contributed by atoms with van der Waals surface area (Å²) in [6.07, 6.45) is 0. The lowest BCUT2D eigenvalue weighted by atomic mass is 10.3. The molecule has 0 heterocycles. The standard InChI is InChI=1S/C5H9F2NO5S/c1-13-2-3(4(9)10)8-14(11,12)5(6)7/h3,5,8H,2H2,1H3,(H,9,10). The summed E-state index contributed by atoms with van der Waals surface area (Å²) in [6, 6.07) is -1.71. The van der Waals surface area contributed by atoms with E-state index in [1.165, 1.54) is 4.72 Å². The highest BCUT2D eigenvalue weighted by Gasteiger charge is 2.30. The maximum Gasteiger partial charge on any atom is 0.350 e. The number of carboxylic acid groups (broad SMARTS) is 1. The summed E-state index contributed by atoms with van der Waals surface area (Å²) >= 11 is 0. The van der Waals surface area contributed by atoms with E-state index < -0.39 is 34.4 Å². The van der Waals surface area contributed by atoms with Gasteiger partial charge in [-0.25, -0.2) is 8.42 Å². The minimum atomic E-state index is -4.91. The molecule has 0 spiro atoms. The van der Waals surface area contributed by atoms with E-state index in [0.717, 1.165) is 7.11 Å². The smallest absolute Gasteiger partial charge is 0.350 e. The third-order valence-electron chi connectivity index (χ3n) is 1.17. The average molecular weight is 233 g/mol. The summed E-state index contributed by atoms with van der Waals surface area (Å²) in [5.41, 5.74) is 0. The topological polar surface area (TPSA) is 92.7 Å². The number of carboxylic acids is 1. The van der Waals surface area contributed by atoms with E-state index in [1.807, 2.05) is 0 Å². The van der Waals surface area contributed by atoms with Crippen LogP contribution in [0.1, 0.15) is 0 Å². The zero-order chi connectivity index (χ0) is 11.4. The molecule has 1 atom stereocenters. The van der Waals surface area contributed by atoms with Crippen LogP contribution in [0, 0.1) is 0 Å². The number of sulfonamides is 1. The molecule has 0 aromatic heterocycles. The Labute approximate surface area is 78.9 Å². The number of hydrogen-bond acceptors (Lipinski definition) is 4. The zero-order valence-electron chi connectivity index (χ0n) is 7.11. The molecule has 0 aliphatic carbocycles. The van der Waals surface area contributed by atoms with Crippen molar-refractivity contribution >= 4 is 16.0 Å². The lowest BCUT2D eigenvalue weighted by Gasteiger charge is -2.12. The average Bonchev–Trinajstić information content (AvgIpc) is 2.02. The van der Waals surface area contributed by atoms with Gasteiger partial charge in [-0.1, -0.05) is 0 Å². The van der Waals surface area contributed by atoms with Crippen LogP contribution >= 0.6 is 0 Å². The van der Waals surface area contributed by atoms with Gasteiger partial charge in [0.1, 0.15) is 6.04 Å². The first-order valence-electron chi connectivity index (χ1n) is 3.32. The van der Waals surface area contributed by atoms with Gasteiger partial charge in [0, 0.05) is 7.11 Å². The molecule has 0 bridgehead atoms. The molecule has 2 N–H and O–H groups in total. The molecule has 0 aromatic rings. The summed E-state index contributed by atoms with van der Waals surface area (Å²) in [5, 5.41) is 8.40. The Morgan fingerprint density at radius 3 is 2.36 bits per heavy atom. The van der Waals surface area contributed by atoms with Crippen molar-refractivity contribution in [1.82, 2.24) is 4.72 Å². The SMILES string of the molecule is COCC(NS(=O)(=O)C(F)F)C(=O)O. The van der Waals surface area contributed by atoms with E-state index in [4.69, 9.17) is 5.11 Å². The molecule has 0 aliphatic heterocycles. The highest BCUT2D eigenvalue weighted by Crippen LogP contribution is 2.03. The second-order valence-electron chi connectivity index (χ2n) is 2.27. The van der Waals surface area contributed by atoms with Crippen molar-refractivity contribution < 1.29 is 31.8 Å². The highest BCUT2D eigenvalue weighted by molar-refractivity contribution is 7.89. The van der Waals surface area contributed by atoms with Gasteiger partial charge in [0.15, 0.2) is 0 Å². The Bertz CT molecular complexity index is 290. The van der Waals surface area contributed by atoms with Gasteiger partial charge in [0.05, 0.1) is 6.61 Å². The number of alkyl halides is 2. The van der Waals surface area contributed by atoms with E-state index in [-0.39, 0.29) is 0 Å². The molecule has 6 nitrogen and oxygen atoms in total. The molecule has 0 rings (SSSR count). The molecule has 0 radical (unpaired) electrons. The molecular weight excluding hydrogens is 224 g/mol. The molecule has 9 heteroatoms. The van der Waals surface area contributed by atoms with Crippen molar-refractivity contribution in [2.24, 2.45) is 0 Å². The van der Waals surface area contributed by atoms with Gasteiger partial charge in [0.25, 0.3) is 10.0 Å². The largest absolute Gasteiger partial charge is 0.480 e. The highest BCUT2D eigenvalue weighted by atomic mass is 32.2. The second kappa shape index (κ2) is 5.17. The number of rotatable bonds is 6. The maximum absolute atomic E-state index is 11.8. The summed E-state index contributed by atoms with van der Waals surface area (Å²) < 4.78 is 50.3. The van der Waals surface area contributed by atoms with Crippen LogP contribution in [0.2, 0.25) is 0 Å². The third kappa shape index (κ3) is 3.94. The Balaban J connectivity index is 4.53. The molecular formula is C5H9F2NO5S. The van der Waals surface area contributed by atoms with Gasteiger partial charge in [0.2, 0.25) is 0 Å². The minimum absolute atomic E-state index is 0.527. The van der Waals surface area contributed by atoms with E-state index >= 15 is 0 Å². The molecule has 0 aliphatic rings. The first-order valence-corrected chi connectivity index (χ1v) is 4.87. The fourth-order valence-electron chi connectivity index (χ4n) is 0.572. The summed E-state index contributed by atoms with van der Waals surface area (Å²) in [7, 11) is -3.79. The van der Waals surface area contributed by atoms with Crippen LogP contribution in [-0.4, -0.2) is 45.0 Å². The number of aliphatic carboxylic acids is 1. The van der Waals surface area contributed by atoms with Crippen LogP contribution in [0.5, 0.6) is 0 Å².